The predicted octanol–water partition coefficient (Wildman–Crippen LogP) is 3.28. The van der Waals surface area contributed by atoms with E-state index in [1.807, 2.05) is 60.7 Å². The molecule has 0 unspecified atom stereocenters. The molecule has 102 valence electrons. The van der Waals surface area contributed by atoms with Crippen LogP contribution in [0.1, 0.15) is 0 Å². The van der Waals surface area contributed by atoms with Gasteiger partial charge in [0.05, 0.1) is 5.69 Å². The predicted molar refractivity (Wildman–Crippen MR) is 80.2 cm³/mol. The third-order valence-corrected chi connectivity index (χ3v) is 3.65. The van der Waals surface area contributed by atoms with Crippen molar-refractivity contribution in [1.29, 1.82) is 0 Å². The Bertz CT molecular complexity index is 903. The molecule has 4 aromatic rings. The van der Waals surface area contributed by atoms with Gasteiger partial charge < -0.3 is 4.42 Å². The molecule has 21 heavy (non-hydrogen) atoms. The van der Waals surface area contributed by atoms with Crippen molar-refractivity contribution in [3.63, 3.8) is 0 Å². The third kappa shape index (κ3) is 2.36. The number of hydrogen-bond acceptors (Lipinski definition) is 5. The van der Waals surface area contributed by atoms with Gasteiger partial charge in [-0.2, -0.15) is 4.98 Å². The smallest absolute Gasteiger partial charge is 0.337 e. The molecule has 0 aliphatic carbocycles. The van der Waals surface area contributed by atoms with Crippen LogP contribution in [-0.2, 0) is 0 Å². The topological polar surface area (TPSA) is 55.7 Å². The number of nitrogens with zero attached hydrogens (tertiary/aromatic N) is 4. The van der Waals surface area contributed by atoms with Crippen LogP contribution in [0.4, 0.5) is 5.69 Å². The fourth-order valence-electron chi connectivity index (χ4n) is 1.93. The van der Waals surface area contributed by atoms with Crippen LogP contribution in [0.15, 0.2) is 70.1 Å². The summed E-state index contributed by atoms with van der Waals surface area (Å²) in [5.74, 6) is 1.01. The van der Waals surface area contributed by atoms with Gasteiger partial charge in [0.1, 0.15) is 0 Å². The second kappa shape index (κ2) is 4.99. The average Bonchev–Trinajstić information content (AvgIpc) is 3.07. The van der Waals surface area contributed by atoms with Crippen LogP contribution in [0.25, 0.3) is 17.3 Å². The van der Waals surface area contributed by atoms with E-state index in [1.165, 1.54) is 11.5 Å². The van der Waals surface area contributed by atoms with Crippen LogP contribution >= 0.6 is 11.5 Å². The molecule has 2 heterocycles. The Hall–Kier alpha value is -2.73. The van der Waals surface area contributed by atoms with Gasteiger partial charge in [-0.15, -0.1) is 9.00 Å². The van der Waals surface area contributed by atoms with E-state index in [0.29, 0.717) is 16.5 Å². The molecule has 0 fully saturated rings. The highest BCUT2D eigenvalue weighted by Gasteiger charge is 2.10. The first-order chi connectivity index (χ1) is 10.4. The molecule has 0 amide bonds. The molecule has 0 aliphatic rings. The van der Waals surface area contributed by atoms with Crippen LogP contribution in [0.3, 0.4) is 0 Å². The quantitative estimate of drug-likeness (QED) is 0.570. The SMILES string of the molecule is c1ccc(N=c2nc3oc(-c4ccccc4)nn3s2)cc1. The largest absolute Gasteiger partial charge is 0.402 e. The Morgan fingerprint density at radius 2 is 1.67 bits per heavy atom. The lowest BCUT2D eigenvalue weighted by molar-refractivity contribution is 0.604. The van der Waals surface area contributed by atoms with E-state index >= 15 is 0 Å². The van der Waals surface area contributed by atoms with E-state index in [0.717, 1.165) is 11.3 Å². The zero-order valence-corrected chi connectivity index (χ0v) is 11.7. The van der Waals surface area contributed by atoms with Crippen molar-refractivity contribution >= 4 is 23.1 Å². The summed E-state index contributed by atoms with van der Waals surface area (Å²) in [6, 6.07) is 19.4. The van der Waals surface area contributed by atoms with Gasteiger partial charge >= 0.3 is 5.84 Å². The maximum Gasteiger partial charge on any atom is 0.337 e. The van der Waals surface area contributed by atoms with Gasteiger partial charge in [-0.1, -0.05) is 36.4 Å². The minimum absolute atomic E-state index is 0.452. The normalized spacial score (nSPS) is 12.1. The Kier molecular flexibility index (Phi) is 2.86. The number of rotatable bonds is 2. The van der Waals surface area contributed by atoms with Gasteiger partial charge in [0, 0.05) is 17.1 Å². The molecular formula is C15H10N4OS. The second-order valence-corrected chi connectivity index (χ2v) is 5.26. The molecule has 0 spiro atoms. The van der Waals surface area contributed by atoms with Gasteiger partial charge in [-0.25, -0.2) is 4.99 Å². The first-order valence-corrected chi connectivity index (χ1v) is 7.18. The molecule has 6 heteroatoms. The molecule has 0 aliphatic heterocycles. The summed E-state index contributed by atoms with van der Waals surface area (Å²) in [4.78, 5) is 9.40. The van der Waals surface area contributed by atoms with Crippen LogP contribution in [0.5, 0.6) is 0 Å². The fourth-order valence-corrected chi connectivity index (χ4v) is 2.62. The van der Waals surface area contributed by atoms with E-state index in [4.69, 9.17) is 4.42 Å². The highest BCUT2D eigenvalue weighted by molar-refractivity contribution is 7.03. The summed E-state index contributed by atoms with van der Waals surface area (Å²) in [7, 11) is 0. The number of para-hydroxylation sites is 1. The first-order valence-electron chi connectivity index (χ1n) is 6.41. The number of hydrogen-bond donors (Lipinski definition) is 0. The Morgan fingerprint density at radius 3 is 2.38 bits per heavy atom. The van der Waals surface area contributed by atoms with Crippen molar-refractivity contribution in [1.82, 2.24) is 14.0 Å². The molecule has 0 bridgehead atoms. The van der Waals surface area contributed by atoms with Gasteiger partial charge in [-0.05, 0) is 24.3 Å². The van der Waals surface area contributed by atoms with E-state index in [9.17, 15) is 0 Å². The number of fused-ring (bicyclic) bond motifs is 1. The summed E-state index contributed by atoms with van der Waals surface area (Å²) in [6.07, 6.45) is 0. The van der Waals surface area contributed by atoms with Crippen molar-refractivity contribution < 1.29 is 4.42 Å². The lowest BCUT2D eigenvalue weighted by Crippen LogP contribution is -1.95. The van der Waals surface area contributed by atoms with Gasteiger partial charge in [0.25, 0.3) is 0 Å². The zero-order valence-electron chi connectivity index (χ0n) is 10.9. The summed E-state index contributed by atoms with van der Waals surface area (Å²) in [5.41, 5.74) is 1.79. The highest BCUT2D eigenvalue weighted by atomic mass is 32.1. The van der Waals surface area contributed by atoms with Crippen molar-refractivity contribution in [3.8, 4) is 11.5 Å². The molecule has 0 radical (unpaired) electrons. The standard InChI is InChI=1S/C15H10N4OS/c1-3-7-11(8-4-1)13-18-19-15(20-13)17-14(21-19)16-12-9-5-2-6-10-12/h1-10H. The number of benzene rings is 2. The lowest BCUT2D eigenvalue weighted by Gasteiger charge is -1.90. The molecule has 2 aromatic heterocycles. The van der Waals surface area contributed by atoms with Crippen LogP contribution in [0, 0.1) is 0 Å². The summed E-state index contributed by atoms with van der Waals surface area (Å²) in [5, 5.41) is 4.39. The molecule has 2 aromatic carbocycles. The molecule has 0 saturated heterocycles. The van der Waals surface area contributed by atoms with Crippen LogP contribution in [-0.4, -0.2) is 14.0 Å². The maximum atomic E-state index is 5.66. The molecular weight excluding hydrogens is 284 g/mol. The summed E-state index contributed by atoms with van der Waals surface area (Å²) >= 11 is 1.34. The fraction of sp³-hybridized carbons (Fsp3) is 0. The maximum absolute atomic E-state index is 5.66. The molecule has 0 N–H and O–H groups in total. The Morgan fingerprint density at radius 1 is 0.952 bits per heavy atom. The summed E-state index contributed by atoms with van der Waals surface area (Å²) < 4.78 is 7.31. The molecule has 4 rings (SSSR count). The highest BCUT2D eigenvalue weighted by Crippen LogP contribution is 2.18. The van der Waals surface area contributed by atoms with Crippen molar-refractivity contribution in [2.75, 3.05) is 0 Å². The zero-order chi connectivity index (χ0) is 14.1. The average molecular weight is 294 g/mol. The molecule has 0 saturated carbocycles. The monoisotopic (exact) mass is 294 g/mol. The second-order valence-electron chi connectivity index (χ2n) is 4.36. The van der Waals surface area contributed by atoms with Gasteiger partial charge in [-0.3, -0.25) is 0 Å². The van der Waals surface area contributed by atoms with E-state index in [1.54, 1.807) is 3.90 Å². The van der Waals surface area contributed by atoms with E-state index in [2.05, 4.69) is 15.1 Å². The third-order valence-electron chi connectivity index (χ3n) is 2.89. The number of aromatic nitrogens is 3. The van der Waals surface area contributed by atoms with Crippen molar-refractivity contribution in [2.24, 2.45) is 4.99 Å². The van der Waals surface area contributed by atoms with E-state index < -0.39 is 0 Å². The molecule has 0 atom stereocenters. The Labute approximate surface area is 124 Å². The first kappa shape index (κ1) is 12.0. The van der Waals surface area contributed by atoms with Crippen molar-refractivity contribution in [3.05, 3.63) is 65.5 Å². The van der Waals surface area contributed by atoms with E-state index in [-0.39, 0.29) is 0 Å². The Balaban J connectivity index is 1.76. The molecule has 5 nitrogen and oxygen atoms in total. The van der Waals surface area contributed by atoms with Crippen LogP contribution < -0.4 is 4.80 Å². The summed E-state index contributed by atoms with van der Waals surface area (Å²) in [6.45, 7) is 0. The van der Waals surface area contributed by atoms with Crippen LogP contribution in [0.2, 0.25) is 0 Å². The van der Waals surface area contributed by atoms with Gasteiger partial charge in [0.15, 0.2) is 0 Å². The minimum atomic E-state index is 0.452. The van der Waals surface area contributed by atoms with Crippen molar-refractivity contribution in [2.45, 2.75) is 0 Å². The van der Waals surface area contributed by atoms with Gasteiger partial charge in [0.2, 0.25) is 10.7 Å². The lowest BCUT2D eigenvalue weighted by atomic mass is 10.2. The minimum Gasteiger partial charge on any atom is -0.402 e.